The second-order valence-electron chi connectivity index (χ2n) is 6.74. The number of rotatable bonds is 4. The van der Waals surface area contributed by atoms with Gasteiger partial charge in [0.1, 0.15) is 0 Å². The lowest BCUT2D eigenvalue weighted by Crippen LogP contribution is -2.29. The number of sulfonamides is 1. The van der Waals surface area contributed by atoms with Gasteiger partial charge in [0, 0.05) is 14.1 Å². The van der Waals surface area contributed by atoms with Gasteiger partial charge in [-0.05, 0) is 56.3 Å². The van der Waals surface area contributed by atoms with E-state index in [-0.39, 0.29) is 4.90 Å². The van der Waals surface area contributed by atoms with Gasteiger partial charge in [0.05, 0.1) is 17.1 Å². The SMILES string of the molecule is CN(C)S(=O)(=O)c1ccc2oc(=S)n(CN3CCCCCCC3)c2c1. The van der Waals surface area contributed by atoms with Crippen LogP contribution in [0, 0.1) is 4.84 Å². The summed E-state index contributed by atoms with van der Waals surface area (Å²) in [7, 11) is -0.430. The predicted molar refractivity (Wildman–Crippen MR) is 101 cm³/mol. The Hall–Kier alpha value is -1.22. The molecule has 1 aromatic carbocycles. The Balaban J connectivity index is 1.97. The molecule has 3 rings (SSSR count). The van der Waals surface area contributed by atoms with Gasteiger partial charge in [0.2, 0.25) is 10.0 Å². The summed E-state index contributed by atoms with van der Waals surface area (Å²) in [5.41, 5.74) is 1.35. The lowest BCUT2D eigenvalue weighted by Gasteiger charge is -2.24. The Morgan fingerprint density at radius 2 is 1.76 bits per heavy atom. The monoisotopic (exact) mass is 383 g/mol. The zero-order valence-electron chi connectivity index (χ0n) is 14.8. The molecule has 1 fully saturated rings. The van der Waals surface area contributed by atoms with Crippen LogP contribution in [0.25, 0.3) is 11.1 Å². The number of benzene rings is 1. The van der Waals surface area contributed by atoms with Gasteiger partial charge in [0.25, 0.3) is 4.84 Å². The average molecular weight is 384 g/mol. The van der Waals surface area contributed by atoms with Gasteiger partial charge in [-0.2, -0.15) is 0 Å². The first-order valence-electron chi connectivity index (χ1n) is 8.68. The third kappa shape index (κ3) is 3.97. The summed E-state index contributed by atoms with van der Waals surface area (Å²) < 4.78 is 33.6. The number of nitrogens with zero attached hydrogens (tertiary/aromatic N) is 3. The van der Waals surface area contributed by atoms with Crippen LogP contribution in [0.15, 0.2) is 27.5 Å². The van der Waals surface area contributed by atoms with Crippen LogP contribution in [0.4, 0.5) is 0 Å². The fraction of sp³-hybridized carbons (Fsp3) is 0.588. The highest BCUT2D eigenvalue weighted by Crippen LogP contribution is 2.24. The van der Waals surface area contributed by atoms with Crippen LogP contribution in [0.2, 0.25) is 0 Å². The maximum absolute atomic E-state index is 12.4. The Morgan fingerprint density at radius 3 is 2.40 bits per heavy atom. The van der Waals surface area contributed by atoms with E-state index in [0.717, 1.165) is 18.6 Å². The number of fused-ring (bicyclic) bond motifs is 1. The molecule has 0 aliphatic carbocycles. The standard InChI is InChI=1S/C17H25N3O3S2/c1-18(2)25(21,22)14-8-9-16-15(12-14)20(17(24)23-16)13-19-10-6-4-3-5-7-11-19/h8-9,12H,3-7,10-11,13H2,1-2H3. The molecule has 138 valence electrons. The summed E-state index contributed by atoms with van der Waals surface area (Å²) in [5, 5.41) is 0. The van der Waals surface area contributed by atoms with E-state index in [9.17, 15) is 8.42 Å². The molecule has 0 unspecified atom stereocenters. The van der Waals surface area contributed by atoms with Gasteiger partial charge in [-0.3, -0.25) is 9.47 Å². The summed E-state index contributed by atoms with van der Waals surface area (Å²) >= 11 is 5.38. The molecule has 0 amide bonds. The number of likely N-dealkylation sites (tertiary alicyclic amines) is 1. The van der Waals surface area contributed by atoms with Gasteiger partial charge < -0.3 is 4.42 Å². The van der Waals surface area contributed by atoms with E-state index in [1.165, 1.54) is 50.5 Å². The molecule has 2 heterocycles. The van der Waals surface area contributed by atoms with Gasteiger partial charge in [-0.25, -0.2) is 12.7 Å². The highest BCUT2D eigenvalue weighted by atomic mass is 32.2. The Kier molecular flexibility index (Phi) is 5.62. The molecule has 25 heavy (non-hydrogen) atoms. The minimum Gasteiger partial charge on any atom is -0.429 e. The molecule has 6 nitrogen and oxygen atoms in total. The summed E-state index contributed by atoms with van der Waals surface area (Å²) in [6, 6.07) is 4.91. The van der Waals surface area contributed by atoms with Crippen LogP contribution in [0.1, 0.15) is 32.1 Å². The molecule has 0 radical (unpaired) electrons. The summed E-state index contributed by atoms with van der Waals surface area (Å²) in [6.45, 7) is 2.70. The molecule has 0 atom stereocenters. The van der Waals surface area contributed by atoms with E-state index in [4.69, 9.17) is 16.6 Å². The Morgan fingerprint density at radius 1 is 1.12 bits per heavy atom. The molecule has 1 aliphatic heterocycles. The molecule has 1 saturated heterocycles. The summed E-state index contributed by atoms with van der Waals surface area (Å²) in [4.78, 5) is 3.01. The van der Waals surface area contributed by atoms with Crippen molar-refractivity contribution in [1.82, 2.24) is 13.8 Å². The van der Waals surface area contributed by atoms with Crippen molar-refractivity contribution in [3.05, 3.63) is 23.0 Å². The maximum Gasteiger partial charge on any atom is 0.270 e. The molecule has 0 bridgehead atoms. The molecular formula is C17H25N3O3S2. The van der Waals surface area contributed by atoms with Gasteiger partial charge in [-0.1, -0.05) is 19.3 Å². The van der Waals surface area contributed by atoms with Crippen molar-refractivity contribution in [1.29, 1.82) is 0 Å². The lowest BCUT2D eigenvalue weighted by molar-refractivity contribution is 0.197. The third-order valence-electron chi connectivity index (χ3n) is 4.71. The largest absolute Gasteiger partial charge is 0.429 e. The van der Waals surface area contributed by atoms with E-state index >= 15 is 0 Å². The highest BCUT2D eigenvalue weighted by molar-refractivity contribution is 7.89. The van der Waals surface area contributed by atoms with Crippen molar-refractivity contribution >= 4 is 33.3 Å². The first-order valence-corrected chi connectivity index (χ1v) is 10.5. The maximum atomic E-state index is 12.4. The molecular weight excluding hydrogens is 358 g/mol. The van der Waals surface area contributed by atoms with Crippen molar-refractivity contribution in [2.75, 3.05) is 27.2 Å². The molecule has 0 saturated carbocycles. The minimum atomic E-state index is -3.49. The molecule has 8 heteroatoms. The third-order valence-corrected chi connectivity index (χ3v) is 6.82. The Bertz CT molecular complexity index is 891. The van der Waals surface area contributed by atoms with E-state index in [0.29, 0.717) is 17.1 Å². The predicted octanol–water partition coefficient (Wildman–Crippen LogP) is 3.44. The van der Waals surface area contributed by atoms with Gasteiger partial charge in [0.15, 0.2) is 5.58 Å². The quantitative estimate of drug-likeness (QED) is 0.757. The van der Waals surface area contributed by atoms with Crippen LogP contribution in [-0.4, -0.2) is 49.4 Å². The number of hydrogen-bond acceptors (Lipinski definition) is 5. The van der Waals surface area contributed by atoms with E-state index in [1.807, 2.05) is 4.57 Å². The van der Waals surface area contributed by atoms with E-state index < -0.39 is 10.0 Å². The summed E-state index contributed by atoms with van der Waals surface area (Å²) in [5.74, 6) is 0. The Labute approximate surface area is 154 Å². The van der Waals surface area contributed by atoms with E-state index in [1.54, 1.807) is 18.2 Å². The second kappa shape index (κ2) is 7.57. The van der Waals surface area contributed by atoms with Crippen LogP contribution in [0.3, 0.4) is 0 Å². The molecule has 2 aromatic rings. The first kappa shape index (κ1) is 18.6. The number of aromatic nitrogens is 1. The normalized spacial score (nSPS) is 17.7. The number of oxazole rings is 1. The van der Waals surface area contributed by atoms with Crippen molar-refractivity contribution in [2.24, 2.45) is 0 Å². The van der Waals surface area contributed by atoms with Crippen molar-refractivity contribution in [3.8, 4) is 0 Å². The smallest absolute Gasteiger partial charge is 0.270 e. The van der Waals surface area contributed by atoms with E-state index in [2.05, 4.69) is 4.90 Å². The van der Waals surface area contributed by atoms with Crippen molar-refractivity contribution in [3.63, 3.8) is 0 Å². The van der Waals surface area contributed by atoms with Crippen LogP contribution in [0.5, 0.6) is 0 Å². The van der Waals surface area contributed by atoms with Crippen LogP contribution >= 0.6 is 12.2 Å². The van der Waals surface area contributed by atoms with Gasteiger partial charge >= 0.3 is 0 Å². The molecule has 1 aromatic heterocycles. The fourth-order valence-electron chi connectivity index (χ4n) is 3.20. The van der Waals surface area contributed by atoms with Crippen LogP contribution < -0.4 is 0 Å². The molecule has 0 N–H and O–H groups in total. The lowest BCUT2D eigenvalue weighted by atomic mass is 10.1. The van der Waals surface area contributed by atoms with Crippen molar-refractivity contribution < 1.29 is 12.8 Å². The first-order chi connectivity index (χ1) is 11.9. The zero-order chi connectivity index (χ0) is 18.0. The summed E-state index contributed by atoms with van der Waals surface area (Å²) in [6.07, 6.45) is 6.21. The molecule has 1 aliphatic rings. The second-order valence-corrected chi connectivity index (χ2v) is 9.24. The fourth-order valence-corrected chi connectivity index (χ4v) is 4.37. The average Bonchev–Trinajstić information content (AvgIpc) is 2.84. The van der Waals surface area contributed by atoms with Gasteiger partial charge in [-0.15, -0.1) is 0 Å². The zero-order valence-corrected chi connectivity index (χ0v) is 16.4. The highest BCUT2D eigenvalue weighted by Gasteiger charge is 2.20. The number of hydrogen-bond donors (Lipinski definition) is 0. The molecule has 0 spiro atoms. The topological polar surface area (TPSA) is 58.7 Å². The van der Waals surface area contributed by atoms with Crippen LogP contribution in [-0.2, 0) is 16.7 Å². The minimum absolute atomic E-state index is 0.252. The van der Waals surface area contributed by atoms with Crippen molar-refractivity contribution in [2.45, 2.75) is 43.7 Å².